The first-order chi connectivity index (χ1) is 14.4. The van der Waals surface area contributed by atoms with Crippen molar-refractivity contribution in [3.05, 3.63) is 42.5 Å². The van der Waals surface area contributed by atoms with E-state index in [2.05, 4.69) is 10.1 Å². The van der Waals surface area contributed by atoms with Crippen LogP contribution in [0.25, 0.3) is 0 Å². The number of rotatable bonds is 6. The van der Waals surface area contributed by atoms with E-state index in [9.17, 15) is 13.6 Å². The Morgan fingerprint density at radius 3 is 2.77 bits per heavy atom. The molecule has 0 unspecified atom stereocenters. The second kappa shape index (κ2) is 8.67. The van der Waals surface area contributed by atoms with Gasteiger partial charge >= 0.3 is 0 Å². The Morgan fingerprint density at radius 1 is 1.30 bits per heavy atom. The maximum Gasteiger partial charge on any atom is 0.262 e. The number of pyridine rings is 1. The summed E-state index contributed by atoms with van der Waals surface area (Å²) in [5.74, 6) is -2.12. The van der Waals surface area contributed by atoms with Gasteiger partial charge in [-0.15, -0.1) is 0 Å². The summed E-state index contributed by atoms with van der Waals surface area (Å²) in [7, 11) is 0. The van der Waals surface area contributed by atoms with Crippen molar-refractivity contribution >= 4 is 5.91 Å². The van der Waals surface area contributed by atoms with Crippen molar-refractivity contribution in [2.24, 2.45) is 0 Å². The molecular formula is C21H27F2N5O2. The van der Waals surface area contributed by atoms with Gasteiger partial charge in [0, 0.05) is 37.9 Å². The lowest BCUT2D eigenvalue weighted by Crippen LogP contribution is -2.50. The first-order valence-electron chi connectivity index (χ1n) is 10.3. The Kier molecular flexibility index (Phi) is 5.99. The molecule has 2 fully saturated rings. The van der Waals surface area contributed by atoms with E-state index in [0.29, 0.717) is 31.7 Å². The van der Waals surface area contributed by atoms with Gasteiger partial charge in [0.15, 0.2) is 0 Å². The molecule has 0 spiro atoms. The van der Waals surface area contributed by atoms with E-state index >= 15 is 0 Å². The minimum Gasteiger partial charge on any atom is -0.490 e. The number of hydrogen-bond donors (Lipinski definition) is 0. The SMILES string of the molecule is Cc1ccn(CC(=O)N2CCC(N3CC(F)(F)C[C@H]3COc3cccnc3)CC2)n1. The summed E-state index contributed by atoms with van der Waals surface area (Å²) in [6, 6.07) is 5.07. The lowest BCUT2D eigenvalue weighted by Gasteiger charge is -2.39. The molecule has 4 heterocycles. The minimum absolute atomic E-state index is 0.0137. The number of halogens is 2. The number of piperidine rings is 1. The third-order valence-electron chi connectivity index (χ3n) is 5.85. The Balaban J connectivity index is 1.32. The number of nitrogens with zero attached hydrogens (tertiary/aromatic N) is 5. The van der Waals surface area contributed by atoms with Crippen LogP contribution in [0.3, 0.4) is 0 Å². The largest absolute Gasteiger partial charge is 0.490 e. The molecule has 0 aromatic carbocycles. The van der Waals surface area contributed by atoms with E-state index in [4.69, 9.17) is 4.74 Å². The van der Waals surface area contributed by atoms with Gasteiger partial charge in [-0.25, -0.2) is 8.78 Å². The van der Waals surface area contributed by atoms with Gasteiger partial charge in [-0.3, -0.25) is 19.4 Å². The van der Waals surface area contributed by atoms with E-state index in [0.717, 1.165) is 5.69 Å². The topological polar surface area (TPSA) is 63.5 Å². The van der Waals surface area contributed by atoms with Gasteiger partial charge in [-0.05, 0) is 38.0 Å². The fourth-order valence-corrected chi connectivity index (χ4v) is 4.37. The molecule has 7 nitrogen and oxygen atoms in total. The highest BCUT2D eigenvalue weighted by atomic mass is 19.3. The fraction of sp³-hybridized carbons (Fsp3) is 0.571. The molecule has 30 heavy (non-hydrogen) atoms. The van der Waals surface area contributed by atoms with Crippen LogP contribution < -0.4 is 4.74 Å². The number of carbonyl (C=O) groups is 1. The van der Waals surface area contributed by atoms with Crippen LogP contribution in [0.5, 0.6) is 5.75 Å². The van der Waals surface area contributed by atoms with E-state index in [1.807, 2.05) is 22.8 Å². The summed E-state index contributed by atoms with van der Waals surface area (Å²) in [6.45, 7) is 3.19. The van der Waals surface area contributed by atoms with Crippen molar-refractivity contribution in [3.63, 3.8) is 0 Å². The summed E-state index contributed by atoms with van der Waals surface area (Å²) >= 11 is 0. The number of aromatic nitrogens is 3. The Morgan fingerprint density at radius 2 is 2.10 bits per heavy atom. The van der Waals surface area contributed by atoms with Crippen LogP contribution in [0, 0.1) is 6.92 Å². The third-order valence-corrected chi connectivity index (χ3v) is 5.85. The summed E-state index contributed by atoms with van der Waals surface area (Å²) in [6.07, 6.45) is 6.19. The standard InChI is InChI=1S/C21H27F2N5O2/c1-16-4-10-27(25-16)13-20(29)26-8-5-17(6-9-26)28-15-21(22,23)11-18(28)14-30-19-3-2-7-24-12-19/h2-4,7,10,12,17-18H,5-6,8-9,11,13-15H2,1H3/t18-/m0/s1. The summed E-state index contributed by atoms with van der Waals surface area (Å²) in [5.41, 5.74) is 0.871. The lowest BCUT2D eigenvalue weighted by molar-refractivity contribution is -0.133. The van der Waals surface area contributed by atoms with Crippen molar-refractivity contribution in [3.8, 4) is 5.75 Å². The molecule has 0 N–H and O–H groups in total. The number of alkyl halides is 2. The number of amides is 1. The third kappa shape index (κ3) is 4.95. The molecule has 0 aliphatic carbocycles. The number of aryl methyl sites for hydroxylation is 1. The lowest BCUT2D eigenvalue weighted by atomic mass is 10.0. The predicted molar refractivity (Wildman–Crippen MR) is 106 cm³/mol. The first kappa shape index (κ1) is 20.7. The molecule has 9 heteroatoms. The zero-order valence-electron chi connectivity index (χ0n) is 17.1. The highest BCUT2D eigenvalue weighted by Gasteiger charge is 2.48. The van der Waals surface area contributed by atoms with Gasteiger partial charge in [0.1, 0.15) is 18.9 Å². The molecule has 0 saturated carbocycles. The maximum atomic E-state index is 14.2. The van der Waals surface area contributed by atoms with Gasteiger partial charge in [0.25, 0.3) is 5.92 Å². The van der Waals surface area contributed by atoms with Crippen molar-refractivity contribution in [1.29, 1.82) is 0 Å². The van der Waals surface area contributed by atoms with Gasteiger partial charge in [-0.2, -0.15) is 5.10 Å². The van der Waals surface area contributed by atoms with Gasteiger partial charge in [0.05, 0.1) is 24.5 Å². The van der Waals surface area contributed by atoms with Crippen molar-refractivity contribution in [2.45, 2.75) is 50.7 Å². The molecule has 2 aliphatic heterocycles. The summed E-state index contributed by atoms with van der Waals surface area (Å²) in [4.78, 5) is 20.2. The molecule has 2 aromatic heterocycles. The fourth-order valence-electron chi connectivity index (χ4n) is 4.37. The molecule has 2 aromatic rings. The smallest absolute Gasteiger partial charge is 0.262 e. The predicted octanol–water partition coefficient (Wildman–Crippen LogP) is 2.37. The van der Waals surface area contributed by atoms with E-state index in [-0.39, 0.29) is 44.1 Å². The van der Waals surface area contributed by atoms with Crippen LogP contribution in [-0.2, 0) is 11.3 Å². The monoisotopic (exact) mass is 419 g/mol. The molecule has 162 valence electrons. The van der Waals surface area contributed by atoms with Crippen LogP contribution in [0.2, 0.25) is 0 Å². The van der Waals surface area contributed by atoms with Gasteiger partial charge < -0.3 is 9.64 Å². The Labute approximate surface area is 174 Å². The summed E-state index contributed by atoms with van der Waals surface area (Å²) < 4.78 is 35.7. The molecule has 0 bridgehead atoms. The van der Waals surface area contributed by atoms with E-state index in [1.165, 1.54) is 0 Å². The zero-order valence-corrected chi connectivity index (χ0v) is 17.1. The molecular weight excluding hydrogens is 392 g/mol. The number of carbonyl (C=O) groups excluding carboxylic acids is 1. The van der Waals surface area contributed by atoms with Crippen molar-refractivity contribution in [1.82, 2.24) is 24.6 Å². The minimum atomic E-state index is -2.71. The average molecular weight is 419 g/mol. The second-order valence-corrected chi connectivity index (χ2v) is 8.15. The maximum absolute atomic E-state index is 14.2. The van der Waals surface area contributed by atoms with Crippen molar-refractivity contribution in [2.75, 3.05) is 26.2 Å². The van der Waals surface area contributed by atoms with Crippen LogP contribution in [0.4, 0.5) is 8.78 Å². The normalized spacial score (nSPS) is 22.4. The number of likely N-dealkylation sites (tertiary alicyclic amines) is 2. The number of hydrogen-bond acceptors (Lipinski definition) is 5. The molecule has 1 amide bonds. The second-order valence-electron chi connectivity index (χ2n) is 8.15. The van der Waals surface area contributed by atoms with Gasteiger partial charge in [0.2, 0.25) is 5.91 Å². The van der Waals surface area contributed by atoms with Crippen LogP contribution in [-0.4, -0.2) is 74.7 Å². The van der Waals surface area contributed by atoms with Crippen LogP contribution in [0.1, 0.15) is 25.0 Å². The quantitative estimate of drug-likeness (QED) is 0.719. The van der Waals surface area contributed by atoms with Crippen LogP contribution in [0.15, 0.2) is 36.8 Å². The van der Waals surface area contributed by atoms with E-state index < -0.39 is 5.92 Å². The molecule has 0 radical (unpaired) electrons. The number of ether oxygens (including phenoxy) is 1. The van der Waals surface area contributed by atoms with Crippen molar-refractivity contribution < 1.29 is 18.3 Å². The van der Waals surface area contributed by atoms with E-state index in [1.54, 1.807) is 35.4 Å². The Bertz CT molecular complexity index is 852. The molecule has 1 atom stereocenters. The van der Waals surface area contributed by atoms with Gasteiger partial charge in [-0.1, -0.05) is 0 Å². The molecule has 2 saturated heterocycles. The zero-order chi connectivity index (χ0) is 21.1. The first-order valence-corrected chi connectivity index (χ1v) is 10.3. The average Bonchev–Trinajstić information content (AvgIpc) is 3.28. The highest BCUT2D eigenvalue weighted by molar-refractivity contribution is 5.76. The molecule has 2 aliphatic rings. The summed E-state index contributed by atoms with van der Waals surface area (Å²) in [5, 5.41) is 4.25. The highest BCUT2D eigenvalue weighted by Crippen LogP contribution is 2.36. The Hall–Kier alpha value is -2.55. The molecule has 4 rings (SSSR count). The van der Waals surface area contributed by atoms with Crippen LogP contribution >= 0.6 is 0 Å².